The van der Waals surface area contributed by atoms with Gasteiger partial charge in [-0.05, 0) is 49.6 Å². The molecule has 0 amide bonds. The van der Waals surface area contributed by atoms with Crippen molar-refractivity contribution in [3.05, 3.63) is 53.5 Å². The van der Waals surface area contributed by atoms with Gasteiger partial charge in [0, 0.05) is 19.1 Å². The smallest absolute Gasteiger partial charge is 0.146 e. The van der Waals surface area contributed by atoms with Crippen LogP contribution in [0.1, 0.15) is 24.1 Å². The van der Waals surface area contributed by atoms with Crippen molar-refractivity contribution < 1.29 is 4.39 Å². The molecule has 1 aromatic heterocycles. The third-order valence-corrected chi connectivity index (χ3v) is 4.08. The van der Waals surface area contributed by atoms with E-state index in [1.54, 1.807) is 12.1 Å². The van der Waals surface area contributed by atoms with Gasteiger partial charge in [0.2, 0.25) is 0 Å². The van der Waals surface area contributed by atoms with E-state index in [2.05, 4.69) is 15.2 Å². The van der Waals surface area contributed by atoms with Gasteiger partial charge in [0.25, 0.3) is 0 Å². The SMILES string of the molecule is Cc1ccc(F)c(N2CCCC(Nc3cccc(C#N)n3)C2)c1. The lowest BCUT2D eigenvalue weighted by molar-refractivity contribution is 0.518. The first-order valence-corrected chi connectivity index (χ1v) is 7.80. The van der Waals surface area contributed by atoms with Crippen molar-refractivity contribution in [3.8, 4) is 6.07 Å². The van der Waals surface area contributed by atoms with Gasteiger partial charge in [-0.1, -0.05) is 12.1 Å². The maximum atomic E-state index is 14.1. The van der Waals surface area contributed by atoms with Crippen LogP contribution in [-0.4, -0.2) is 24.1 Å². The Morgan fingerprint density at radius 3 is 3.04 bits per heavy atom. The maximum Gasteiger partial charge on any atom is 0.146 e. The van der Waals surface area contributed by atoms with E-state index in [0.29, 0.717) is 17.2 Å². The van der Waals surface area contributed by atoms with Gasteiger partial charge in [-0.3, -0.25) is 0 Å². The monoisotopic (exact) mass is 310 g/mol. The van der Waals surface area contributed by atoms with E-state index in [-0.39, 0.29) is 11.9 Å². The summed E-state index contributed by atoms with van der Waals surface area (Å²) in [5, 5.41) is 12.3. The summed E-state index contributed by atoms with van der Waals surface area (Å²) in [5.41, 5.74) is 2.11. The molecular formula is C18H19FN4. The summed E-state index contributed by atoms with van der Waals surface area (Å²) in [6.07, 6.45) is 1.99. The predicted octanol–water partition coefficient (Wildman–Crippen LogP) is 3.48. The molecule has 1 saturated heterocycles. The van der Waals surface area contributed by atoms with Crippen LogP contribution >= 0.6 is 0 Å². The van der Waals surface area contributed by atoms with Crippen LogP contribution in [0.15, 0.2) is 36.4 Å². The molecule has 0 saturated carbocycles. The second-order valence-electron chi connectivity index (χ2n) is 5.90. The van der Waals surface area contributed by atoms with Gasteiger partial charge in [-0.25, -0.2) is 9.37 Å². The van der Waals surface area contributed by atoms with E-state index in [1.165, 1.54) is 6.07 Å². The number of hydrogen-bond donors (Lipinski definition) is 1. The molecular weight excluding hydrogens is 291 g/mol. The highest BCUT2D eigenvalue weighted by Crippen LogP contribution is 2.25. The maximum absolute atomic E-state index is 14.1. The molecule has 5 heteroatoms. The van der Waals surface area contributed by atoms with Crippen molar-refractivity contribution in [1.29, 1.82) is 5.26 Å². The van der Waals surface area contributed by atoms with Crippen molar-refractivity contribution in [2.75, 3.05) is 23.3 Å². The summed E-state index contributed by atoms with van der Waals surface area (Å²) in [6.45, 7) is 3.54. The van der Waals surface area contributed by atoms with E-state index in [4.69, 9.17) is 5.26 Å². The van der Waals surface area contributed by atoms with E-state index < -0.39 is 0 Å². The Hall–Kier alpha value is -2.61. The lowest BCUT2D eigenvalue weighted by Crippen LogP contribution is -2.42. The predicted molar refractivity (Wildman–Crippen MR) is 88.9 cm³/mol. The third-order valence-electron chi connectivity index (χ3n) is 4.08. The molecule has 0 aliphatic carbocycles. The molecule has 0 spiro atoms. The molecule has 3 rings (SSSR count). The van der Waals surface area contributed by atoms with Crippen molar-refractivity contribution in [3.63, 3.8) is 0 Å². The molecule has 0 radical (unpaired) electrons. The van der Waals surface area contributed by atoms with E-state index in [1.807, 2.05) is 31.2 Å². The standard InChI is InChI=1S/C18H19FN4/c1-13-7-8-16(19)17(10-13)23-9-3-5-15(12-23)22-18-6-2-4-14(11-20)21-18/h2,4,6-8,10,15H,3,5,9,12H2,1H3,(H,21,22). The number of nitriles is 1. The highest BCUT2D eigenvalue weighted by Gasteiger charge is 2.22. The second kappa shape index (κ2) is 6.66. The average Bonchev–Trinajstić information content (AvgIpc) is 2.57. The zero-order valence-electron chi connectivity index (χ0n) is 13.1. The number of aromatic nitrogens is 1. The normalized spacial score (nSPS) is 17.6. The van der Waals surface area contributed by atoms with E-state index in [9.17, 15) is 4.39 Å². The summed E-state index contributed by atoms with van der Waals surface area (Å²) in [7, 11) is 0. The van der Waals surface area contributed by atoms with Crippen LogP contribution in [0.2, 0.25) is 0 Å². The van der Waals surface area contributed by atoms with Crippen LogP contribution in [0.5, 0.6) is 0 Å². The molecule has 4 nitrogen and oxygen atoms in total. The summed E-state index contributed by atoms with van der Waals surface area (Å²) in [6, 6.07) is 12.8. The van der Waals surface area contributed by atoms with Crippen LogP contribution in [0.4, 0.5) is 15.9 Å². The molecule has 118 valence electrons. The van der Waals surface area contributed by atoms with Crippen LogP contribution in [0.25, 0.3) is 0 Å². The van der Waals surface area contributed by atoms with Gasteiger partial charge in [0.1, 0.15) is 23.4 Å². The summed E-state index contributed by atoms with van der Waals surface area (Å²) in [5.74, 6) is 0.515. The molecule has 0 bridgehead atoms. The van der Waals surface area contributed by atoms with Gasteiger partial charge < -0.3 is 10.2 Å². The molecule has 1 aliphatic rings. The number of piperidine rings is 1. The highest BCUT2D eigenvalue weighted by molar-refractivity contribution is 5.51. The molecule has 2 heterocycles. The number of benzene rings is 1. The topological polar surface area (TPSA) is 52.0 Å². The molecule has 2 aromatic rings. The summed E-state index contributed by atoms with van der Waals surface area (Å²) >= 11 is 0. The summed E-state index contributed by atoms with van der Waals surface area (Å²) in [4.78, 5) is 6.33. The highest BCUT2D eigenvalue weighted by atomic mass is 19.1. The molecule has 1 aliphatic heterocycles. The molecule has 23 heavy (non-hydrogen) atoms. The molecule has 1 unspecified atom stereocenters. The Balaban J connectivity index is 1.73. The first-order valence-electron chi connectivity index (χ1n) is 7.80. The van der Waals surface area contributed by atoms with Gasteiger partial charge in [-0.15, -0.1) is 0 Å². The Bertz CT molecular complexity index is 738. The number of hydrogen-bond acceptors (Lipinski definition) is 4. The zero-order valence-corrected chi connectivity index (χ0v) is 13.1. The number of aryl methyl sites for hydroxylation is 1. The summed E-state index contributed by atoms with van der Waals surface area (Å²) < 4.78 is 14.1. The van der Waals surface area contributed by atoms with Crippen molar-refractivity contribution in [2.24, 2.45) is 0 Å². The van der Waals surface area contributed by atoms with Gasteiger partial charge in [0.05, 0.1) is 5.69 Å². The Morgan fingerprint density at radius 2 is 2.22 bits per heavy atom. The molecule has 1 fully saturated rings. The fraction of sp³-hybridized carbons (Fsp3) is 0.333. The Kier molecular flexibility index (Phi) is 4.42. The minimum Gasteiger partial charge on any atom is -0.367 e. The number of nitrogens with one attached hydrogen (secondary N) is 1. The first-order chi connectivity index (χ1) is 11.2. The largest absolute Gasteiger partial charge is 0.367 e. The van der Waals surface area contributed by atoms with E-state index in [0.717, 1.165) is 31.5 Å². The quantitative estimate of drug-likeness (QED) is 0.943. The molecule has 1 atom stereocenters. The number of nitrogens with zero attached hydrogens (tertiary/aromatic N) is 3. The van der Waals surface area contributed by atoms with Crippen molar-refractivity contribution in [1.82, 2.24) is 4.98 Å². The van der Waals surface area contributed by atoms with Gasteiger partial charge in [-0.2, -0.15) is 5.26 Å². The second-order valence-corrected chi connectivity index (χ2v) is 5.90. The molecule has 1 N–H and O–H groups in total. The van der Waals surface area contributed by atoms with Crippen LogP contribution in [-0.2, 0) is 0 Å². The third kappa shape index (κ3) is 3.59. The molecule has 1 aromatic carbocycles. The fourth-order valence-corrected chi connectivity index (χ4v) is 2.97. The average molecular weight is 310 g/mol. The Morgan fingerprint density at radius 1 is 1.35 bits per heavy atom. The Labute approximate surface area is 135 Å². The number of pyridine rings is 1. The zero-order chi connectivity index (χ0) is 16.2. The van der Waals surface area contributed by atoms with Gasteiger partial charge >= 0.3 is 0 Å². The minimum atomic E-state index is -0.180. The van der Waals surface area contributed by atoms with Crippen LogP contribution < -0.4 is 10.2 Å². The number of rotatable bonds is 3. The van der Waals surface area contributed by atoms with E-state index >= 15 is 0 Å². The van der Waals surface area contributed by atoms with Crippen molar-refractivity contribution in [2.45, 2.75) is 25.8 Å². The van der Waals surface area contributed by atoms with Crippen LogP contribution in [0, 0.1) is 24.1 Å². The fourth-order valence-electron chi connectivity index (χ4n) is 2.97. The number of halogens is 1. The van der Waals surface area contributed by atoms with Crippen LogP contribution in [0.3, 0.4) is 0 Å². The first kappa shape index (κ1) is 15.3. The van der Waals surface area contributed by atoms with Crippen molar-refractivity contribution >= 4 is 11.5 Å². The van der Waals surface area contributed by atoms with Gasteiger partial charge in [0.15, 0.2) is 0 Å². The lowest BCUT2D eigenvalue weighted by atomic mass is 10.0. The minimum absolute atomic E-state index is 0.180. The number of anilines is 2. The lowest BCUT2D eigenvalue weighted by Gasteiger charge is -2.35.